The minimum atomic E-state index is -0.648. The van der Waals surface area contributed by atoms with Crippen LogP contribution in [-0.4, -0.2) is 26.7 Å². The van der Waals surface area contributed by atoms with Crippen LogP contribution in [0, 0.1) is 5.92 Å². The first kappa shape index (κ1) is 17.6. The van der Waals surface area contributed by atoms with Crippen molar-refractivity contribution in [3.8, 4) is 17.4 Å². The van der Waals surface area contributed by atoms with Crippen molar-refractivity contribution in [1.29, 1.82) is 0 Å². The molecule has 29 heavy (non-hydrogen) atoms. The lowest BCUT2D eigenvalue weighted by Gasteiger charge is -2.30. The first-order chi connectivity index (χ1) is 14.3. The fourth-order valence-corrected chi connectivity index (χ4v) is 3.60. The third-order valence-corrected chi connectivity index (χ3v) is 5.07. The van der Waals surface area contributed by atoms with Crippen LogP contribution >= 0.6 is 0 Å². The number of pyridine rings is 1. The van der Waals surface area contributed by atoms with E-state index in [1.165, 1.54) is 0 Å². The molecule has 6 heteroatoms. The molecule has 2 unspecified atom stereocenters. The topological polar surface area (TPSA) is 77.4 Å². The standard InChI is InChI=1S/C23H19N3O3/c27-23-16(10-15-4-3-9-24-12-15)14-28-21-8-7-17(11-18(21)23)29-22-13-25-19-5-1-2-6-20(19)26-22/h1-9,11-13,16,23,27H,10,14H2. The van der Waals surface area contributed by atoms with E-state index in [0.717, 1.165) is 22.2 Å². The molecule has 1 N–H and O–H groups in total. The van der Waals surface area contributed by atoms with Crippen LogP contribution in [0.15, 0.2) is 73.2 Å². The lowest BCUT2D eigenvalue weighted by atomic mass is 9.88. The molecule has 4 aromatic rings. The van der Waals surface area contributed by atoms with E-state index in [-0.39, 0.29) is 5.92 Å². The fourth-order valence-electron chi connectivity index (χ4n) is 3.60. The molecule has 0 bridgehead atoms. The Hall–Kier alpha value is -3.51. The maximum atomic E-state index is 10.9. The molecule has 1 aliphatic heterocycles. The molecule has 2 atom stereocenters. The van der Waals surface area contributed by atoms with Crippen molar-refractivity contribution >= 4 is 11.0 Å². The Morgan fingerprint density at radius 1 is 1.03 bits per heavy atom. The monoisotopic (exact) mass is 385 g/mol. The summed E-state index contributed by atoms with van der Waals surface area (Å²) in [6, 6.07) is 17.0. The van der Waals surface area contributed by atoms with Crippen LogP contribution in [0.5, 0.6) is 17.4 Å². The van der Waals surface area contributed by atoms with Crippen molar-refractivity contribution in [2.45, 2.75) is 12.5 Å². The second-order valence-electron chi connectivity index (χ2n) is 7.08. The number of hydrogen-bond donors (Lipinski definition) is 1. The van der Waals surface area contributed by atoms with Crippen LogP contribution in [0.4, 0.5) is 0 Å². The van der Waals surface area contributed by atoms with Gasteiger partial charge in [0.2, 0.25) is 5.88 Å². The van der Waals surface area contributed by atoms with Crippen molar-refractivity contribution in [3.63, 3.8) is 0 Å². The molecule has 2 aromatic carbocycles. The van der Waals surface area contributed by atoms with Gasteiger partial charge in [0.05, 0.1) is 29.9 Å². The highest BCUT2D eigenvalue weighted by molar-refractivity contribution is 5.74. The number of hydrogen-bond acceptors (Lipinski definition) is 6. The molecule has 0 saturated carbocycles. The molecule has 2 aromatic heterocycles. The molecular weight excluding hydrogens is 366 g/mol. The normalized spacial score (nSPS) is 18.1. The van der Waals surface area contributed by atoms with Crippen LogP contribution < -0.4 is 9.47 Å². The predicted octanol–water partition coefficient (Wildman–Crippen LogP) is 4.10. The third kappa shape index (κ3) is 3.62. The highest BCUT2D eigenvalue weighted by Gasteiger charge is 2.30. The second-order valence-corrected chi connectivity index (χ2v) is 7.08. The first-order valence-corrected chi connectivity index (χ1v) is 9.49. The van der Waals surface area contributed by atoms with Crippen molar-refractivity contribution in [2.75, 3.05) is 6.61 Å². The van der Waals surface area contributed by atoms with E-state index in [0.29, 0.717) is 30.4 Å². The number of rotatable bonds is 4. The summed E-state index contributed by atoms with van der Waals surface area (Å²) in [5.74, 6) is 1.61. The second kappa shape index (κ2) is 7.48. The summed E-state index contributed by atoms with van der Waals surface area (Å²) in [5, 5.41) is 10.9. The van der Waals surface area contributed by atoms with Crippen molar-refractivity contribution in [3.05, 3.63) is 84.3 Å². The Morgan fingerprint density at radius 2 is 1.93 bits per heavy atom. The first-order valence-electron chi connectivity index (χ1n) is 9.49. The van der Waals surface area contributed by atoms with E-state index >= 15 is 0 Å². The van der Waals surface area contributed by atoms with Crippen molar-refractivity contribution < 1.29 is 14.6 Å². The van der Waals surface area contributed by atoms with E-state index in [1.54, 1.807) is 12.4 Å². The quantitative estimate of drug-likeness (QED) is 0.570. The van der Waals surface area contributed by atoms with Crippen LogP contribution in [0.3, 0.4) is 0 Å². The number of aliphatic hydroxyl groups is 1. The fraction of sp³-hybridized carbons (Fsp3) is 0.174. The number of ether oxygens (including phenoxy) is 2. The SMILES string of the molecule is OC1c2cc(Oc3cnc4ccccc4n3)ccc2OCC1Cc1cccnc1. The van der Waals surface area contributed by atoms with Gasteiger partial charge in [0.1, 0.15) is 11.5 Å². The van der Waals surface area contributed by atoms with Gasteiger partial charge in [0.25, 0.3) is 0 Å². The number of benzene rings is 2. The molecule has 0 amide bonds. The van der Waals surface area contributed by atoms with Gasteiger partial charge >= 0.3 is 0 Å². The van der Waals surface area contributed by atoms with Gasteiger partial charge in [0.15, 0.2) is 0 Å². The van der Waals surface area contributed by atoms with Gasteiger partial charge < -0.3 is 14.6 Å². The van der Waals surface area contributed by atoms with Crippen LogP contribution in [0.25, 0.3) is 11.0 Å². The highest BCUT2D eigenvalue weighted by atomic mass is 16.5. The van der Waals surface area contributed by atoms with E-state index < -0.39 is 6.10 Å². The third-order valence-electron chi connectivity index (χ3n) is 5.07. The summed E-state index contributed by atoms with van der Waals surface area (Å²) >= 11 is 0. The summed E-state index contributed by atoms with van der Waals surface area (Å²) in [6.07, 6.45) is 5.20. The molecular formula is C23H19N3O3. The molecule has 5 rings (SSSR count). The maximum Gasteiger partial charge on any atom is 0.238 e. The van der Waals surface area contributed by atoms with E-state index in [1.807, 2.05) is 60.8 Å². The molecule has 0 aliphatic carbocycles. The minimum Gasteiger partial charge on any atom is -0.493 e. The summed E-state index contributed by atoms with van der Waals surface area (Å²) in [5.41, 5.74) is 3.37. The molecule has 0 radical (unpaired) electrons. The van der Waals surface area contributed by atoms with Crippen LogP contribution in [0.1, 0.15) is 17.2 Å². The summed E-state index contributed by atoms with van der Waals surface area (Å²) in [6.45, 7) is 0.458. The summed E-state index contributed by atoms with van der Waals surface area (Å²) in [4.78, 5) is 13.0. The van der Waals surface area contributed by atoms with Gasteiger partial charge in [-0.2, -0.15) is 0 Å². The lowest BCUT2D eigenvalue weighted by molar-refractivity contribution is 0.0505. The summed E-state index contributed by atoms with van der Waals surface area (Å²) < 4.78 is 11.8. The Kier molecular flexibility index (Phi) is 4.54. The largest absolute Gasteiger partial charge is 0.493 e. The van der Waals surface area contributed by atoms with Crippen molar-refractivity contribution in [2.24, 2.45) is 5.92 Å². The zero-order valence-corrected chi connectivity index (χ0v) is 15.6. The van der Waals surface area contributed by atoms with Gasteiger partial charge in [-0.3, -0.25) is 4.98 Å². The molecule has 0 fully saturated rings. The highest BCUT2D eigenvalue weighted by Crippen LogP contribution is 2.39. The Labute approximate surface area is 167 Å². The molecule has 6 nitrogen and oxygen atoms in total. The number of para-hydroxylation sites is 2. The Morgan fingerprint density at radius 3 is 2.79 bits per heavy atom. The Balaban J connectivity index is 1.38. The van der Waals surface area contributed by atoms with Gasteiger partial charge in [-0.1, -0.05) is 18.2 Å². The minimum absolute atomic E-state index is 0.0533. The maximum absolute atomic E-state index is 10.9. The molecule has 1 aliphatic rings. The zero-order chi connectivity index (χ0) is 19.6. The number of aliphatic hydroxyl groups excluding tert-OH is 1. The smallest absolute Gasteiger partial charge is 0.238 e. The number of nitrogens with zero attached hydrogens (tertiary/aromatic N) is 3. The van der Waals surface area contributed by atoms with Crippen LogP contribution in [0.2, 0.25) is 0 Å². The average molecular weight is 385 g/mol. The van der Waals surface area contributed by atoms with E-state index in [2.05, 4.69) is 15.0 Å². The van der Waals surface area contributed by atoms with E-state index in [9.17, 15) is 5.11 Å². The predicted molar refractivity (Wildman–Crippen MR) is 108 cm³/mol. The molecule has 144 valence electrons. The average Bonchev–Trinajstić information content (AvgIpc) is 2.77. The van der Waals surface area contributed by atoms with Gasteiger partial charge in [-0.25, -0.2) is 9.97 Å². The van der Waals surface area contributed by atoms with Gasteiger partial charge in [-0.15, -0.1) is 0 Å². The zero-order valence-electron chi connectivity index (χ0n) is 15.6. The lowest BCUT2D eigenvalue weighted by Crippen LogP contribution is -2.27. The molecule has 0 spiro atoms. The number of aromatic nitrogens is 3. The van der Waals surface area contributed by atoms with Gasteiger partial charge in [0, 0.05) is 23.9 Å². The molecule has 3 heterocycles. The van der Waals surface area contributed by atoms with Gasteiger partial charge in [-0.05, 0) is 48.4 Å². The Bertz CT molecular complexity index is 1150. The van der Waals surface area contributed by atoms with E-state index in [4.69, 9.17) is 9.47 Å². The van der Waals surface area contributed by atoms with Crippen molar-refractivity contribution in [1.82, 2.24) is 15.0 Å². The van der Waals surface area contributed by atoms with Crippen LogP contribution in [-0.2, 0) is 6.42 Å². The summed E-state index contributed by atoms with van der Waals surface area (Å²) in [7, 11) is 0. The molecule has 0 saturated heterocycles. The number of fused-ring (bicyclic) bond motifs is 2.